The molecule has 0 spiro atoms. The third-order valence-electron chi connectivity index (χ3n) is 2.92. The van der Waals surface area contributed by atoms with Crippen LogP contribution in [0.1, 0.15) is 26.1 Å². The van der Waals surface area contributed by atoms with Crippen LogP contribution in [0.25, 0.3) is 0 Å². The predicted molar refractivity (Wildman–Crippen MR) is 58.5 cm³/mol. The number of hydrogen-bond acceptors (Lipinski definition) is 6. The van der Waals surface area contributed by atoms with Crippen LogP contribution in [0, 0.1) is 0 Å². The second-order valence-electron chi connectivity index (χ2n) is 4.03. The Hall–Kier alpha value is -2.32. The Morgan fingerprint density at radius 3 is 2.89 bits per heavy atom. The quantitative estimate of drug-likeness (QED) is 0.763. The smallest absolute Gasteiger partial charge is 0.331 e. The van der Waals surface area contributed by atoms with Gasteiger partial charge in [0.05, 0.1) is 0 Å². The van der Waals surface area contributed by atoms with E-state index in [0.717, 1.165) is 0 Å². The highest BCUT2D eigenvalue weighted by atomic mass is 16.4. The molecule has 0 aliphatic carbocycles. The molecular formula is C9H13N7O2. The van der Waals surface area contributed by atoms with Crippen molar-refractivity contribution in [3.05, 3.63) is 18.5 Å². The molecule has 0 aromatic carbocycles. The summed E-state index contributed by atoms with van der Waals surface area (Å²) in [7, 11) is 0. The first-order chi connectivity index (χ1) is 8.58. The van der Waals surface area contributed by atoms with Crippen LogP contribution in [0.5, 0.6) is 0 Å². The highest BCUT2D eigenvalue weighted by Crippen LogP contribution is 2.20. The largest absolute Gasteiger partial charge is 0.479 e. The molecule has 0 bridgehead atoms. The molecule has 2 rings (SSSR count). The Kier molecular flexibility index (Phi) is 3.04. The summed E-state index contributed by atoms with van der Waals surface area (Å²) >= 11 is 0. The van der Waals surface area contributed by atoms with Crippen LogP contribution in [0.2, 0.25) is 0 Å². The molecule has 1 atom stereocenters. The molecule has 0 amide bonds. The van der Waals surface area contributed by atoms with Crippen LogP contribution in [0.3, 0.4) is 0 Å². The molecule has 2 aromatic heterocycles. The molecule has 2 aromatic rings. The number of hydrogen-bond donors (Lipinski definition) is 1. The van der Waals surface area contributed by atoms with E-state index >= 15 is 0 Å². The standard InChI is InChI=1S/C9H13N7O2/c1-3-9(2,8(17)18)16-7(12-13-14-16)4-15-6-10-5-11-15/h5-6H,3-4H2,1-2H3,(H,17,18). The average molecular weight is 251 g/mol. The molecule has 0 fully saturated rings. The summed E-state index contributed by atoms with van der Waals surface area (Å²) in [6.07, 6.45) is 3.28. The molecule has 0 saturated carbocycles. The molecule has 0 radical (unpaired) electrons. The van der Waals surface area contributed by atoms with E-state index in [1.165, 1.54) is 22.0 Å². The zero-order valence-electron chi connectivity index (χ0n) is 10.1. The van der Waals surface area contributed by atoms with Gasteiger partial charge in [0.25, 0.3) is 0 Å². The lowest BCUT2D eigenvalue weighted by molar-refractivity contribution is -0.147. The van der Waals surface area contributed by atoms with Gasteiger partial charge in [0, 0.05) is 0 Å². The summed E-state index contributed by atoms with van der Waals surface area (Å²) in [4.78, 5) is 15.2. The highest BCUT2D eigenvalue weighted by Gasteiger charge is 2.36. The van der Waals surface area contributed by atoms with E-state index in [0.29, 0.717) is 12.2 Å². The van der Waals surface area contributed by atoms with Gasteiger partial charge < -0.3 is 5.11 Å². The summed E-state index contributed by atoms with van der Waals surface area (Å²) in [5.74, 6) is -0.551. The second kappa shape index (κ2) is 4.51. The van der Waals surface area contributed by atoms with Crippen LogP contribution < -0.4 is 0 Å². The van der Waals surface area contributed by atoms with Crippen LogP contribution in [0.4, 0.5) is 0 Å². The number of carboxylic acids is 1. The van der Waals surface area contributed by atoms with Gasteiger partial charge in [0.2, 0.25) is 0 Å². The molecular weight excluding hydrogens is 238 g/mol. The van der Waals surface area contributed by atoms with Gasteiger partial charge in [-0.1, -0.05) is 6.92 Å². The van der Waals surface area contributed by atoms with E-state index in [1.54, 1.807) is 13.8 Å². The Bertz CT molecular complexity index is 535. The fourth-order valence-corrected chi connectivity index (χ4v) is 1.54. The summed E-state index contributed by atoms with van der Waals surface area (Å²) in [6, 6.07) is 0. The molecule has 96 valence electrons. The highest BCUT2D eigenvalue weighted by molar-refractivity contribution is 5.76. The minimum atomic E-state index is -1.17. The van der Waals surface area contributed by atoms with Crippen molar-refractivity contribution in [2.45, 2.75) is 32.4 Å². The van der Waals surface area contributed by atoms with Gasteiger partial charge in [0.15, 0.2) is 11.4 Å². The van der Waals surface area contributed by atoms with E-state index in [1.807, 2.05) is 0 Å². The number of rotatable bonds is 5. The van der Waals surface area contributed by atoms with E-state index in [4.69, 9.17) is 0 Å². The lowest BCUT2D eigenvalue weighted by atomic mass is 9.99. The number of aliphatic carboxylic acids is 1. The summed E-state index contributed by atoms with van der Waals surface area (Å²) in [5, 5.41) is 24.4. The number of nitrogens with zero attached hydrogens (tertiary/aromatic N) is 7. The van der Waals surface area contributed by atoms with Gasteiger partial charge in [-0.3, -0.25) is 0 Å². The SMILES string of the molecule is CCC(C)(C(=O)O)n1nnnc1Cn1cncn1. The molecule has 2 heterocycles. The summed E-state index contributed by atoms with van der Waals surface area (Å²) in [6.45, 7) is 3.63. The lowest BCUT2D eigenvalue weighted by Crippen LogP contribution is -2.40. The van der Waals surface area contributed by atoms with E-state index in [9.17, 15) is 9.90 Å². The van der Waals surface area contributed by atoms with Crippen molar-refractivity contribution >= 4 is 5.97 Å². The van der Waals surface area contributed by atoms with Gasteiger partial charge in [-0.2, -0.15) is 5.10 Å². The van der Waals surface area contributed by atoms with E-state index in [-0.39, 0.29) is 6.54 Å². The Balaban J connectivity index is 2.35. The molecule has 1 N–H and O–H groups in total. The molecule has 9 nitrogen and oxygen atoms in total. The maximum Gasteiger partial charge on any atom is 0.331 e. The molecule has 9 heteroatoms. The average Bonchev–Trinajstić information content (AvgIpc) is 3.00. The Morgan fingerprint density at radius 2 is 2.33 bits per heavy atom. The molecule has 0 aliphatic rings. The Labute approximate surface area is 102 Å². The van der Waals surface area contributed by atoms with E-state index < -0.39 is 11.5 Å². The van der Waals surface area contributed by atoms with E-state index in [2.05, 4.69) is 25.6 Å². The number of tetrazole rings is 1. The molecule has 0 aliphatic heterocycles. The van der Waals surface area contributed by atoms with Gasteiger partial charge in [0.1, 0.15) is 19.2 Å². The maximum absolute atomic E-state index is 11.4. The lowest BCUT2D eigenvalue weighted by Gasteiger charge is -2.23. The van der Waals surface area contributed by atoms with Gasteiger partial charge >= 0.3 is 5.97 Å². The minimum Gasteiger partial charge on any atom is -0.479 e. The fourth-order valence-electron chi connectivity index (χ4n) is 1.54. The van der Waals surface area contributed by atoms with Crippen molar-refractivity contribution in [1.82, 2.24) is 35.0 Å². The van der Waals surface area contributed by atoms with Crippen molar-refractivity contribution in [2.75, 3.05) is 0 Å². The van der Waals surface area contributed by atoms with Crippen molar-refractivity contribution in [2.24, 2.45) is 0 Å². The Morgan fingerprint density at radius 1 is 1.56 bits per heavy atom. The number of aromatic nitrogens is 7. The summed E-state index contributed by atoms with van der Waals surface area (Å²) < 4.78 is 2.84. The predicted octanol–water partition coefficient (Wildman–Crippen LogP) is -0.477. The first-order valence-corrected chi connectivity index (χ1v) is 5.41. The molecule has 18 heavy (non-hydrogen) atoms. The van der Waals surface area contributed by atoms with Gasteiger partial charge in [-0.25, -0.2) is 19.1 Å². The van der Waals surface area contributed by atoms with Crippen molar-refractivity contribution < 1.29 is 9.90 Å². The molecule has 1 unspecified atom stereocenters. The number of carbonyl (C=O) groups is 1. The topological polar surface area (TPSA) is 112 Å². The van der Waals surface area contributed by atoms with Crippen molar-refractivity contribution in [3.8, 4) is 0 Å². The van der Waals surface area contributed by atoms with Gasteiger partial charge in [-0.15, -0.1) is 5.10 Å². The summed E-state index contributed by atoms with van der Waals surface area (Å²) in [5.41, 5.74) is -1.17. The van der Waals surface area contributed by atoms with Crippen LogP contribution in [-0.2, 0) is 16.9 Å². The monoisotopic (exact) mass is 251 g/mol. The van der Waals surface area contributed by atoms with Crippen LogP contribution in [-0.4, -0.2) is 46.0 Å². The second-order valence-corrected chi connectivity index (χ2v) is 4.03. The van der Waals surface area contributed by atoms with Gasteiger partial charge in [-0.05, 0) is 23.8 Å². The zero-order valence-corrected chi connectivity index (χ0v) is 10.1. The van der Waals surface area contributed by atoms with Crippen molar-refractivity contribution in [1.29, 1.82) is 0 Å². The first-order valence-electron chi connectivity index (χ1n) is 5.41. The molecule has 0 saturated heterocycles. The van der Waals surface area contributed by atoms with Crippen LogP contribution in [0.15, 0.2) is 12.7 Å². The third-order valence-corrected chi connectivity index (χ3v) is 2.92. The number of carboxylic acid groups (broad SMARTS) is 1. The third kappa shape index (κ3) is 1.94. The van der Waals surface area contributed by atoms with Crippen LogP contribution >= 0.6 is 0 Å². The normalized spacial score (nSPS) is 14.3. The zero-order chi connectivity index (χ0) is 13.2. The van der Waals surface area contributed by atoms with Crippen molar-refractivity contribution in [3.63, 3.8) is 0 Å². The fraction of sp³-hybridized carbons (Fsp3) is 0.556. The minimum absolute atomic E-state index is 0.274. The first kappa shape index (κ1) is 12.1. The maximum atomic E-state index is 11.4.